The Kier molecular flexibility index (Phi) is 3.44. The number of hydrogen-bond donors (Lipinski definition) is 1. The largest absolute Gasteiger partial charge is 0.477 e. The number of aromatic nitrogens is 1. The van der Waals surface area contributed by atoms with Crippen molar-refractivity contribution in [1.82, 2.24) is 4.57 Å². The summed E-state index contributed by atoms with van der Waals surface area (Å²) in [7, 11) is 0. The summed E-state index contributed by atoms with van der Waals surface area (Å²) in [5.74, 6) is -1.22. The fourth-order valence-corrected chi connectivity index (χ4v) is 1.99. The molecule has 0 bridgehead atoms. The highest BCUT2D eigenvalue weighted by atomic mass is 35.5. The molecule has 2 aromatic rings. The maximum absolute atomic E-state index is 12.2. The Morgan fingerprint density at radius 1 is 1.21 bits per heavy atom. The van der Waals surface area contributed by atoms with Gasteiger partial charge in [0.1, 0.15) is 5.56 Å². The lowest BCUT2D eigenvalue weighted by Gasteiger charge is -2.09. The van der Waals surface area contributed by atoms with Gasteiger partial charge in [0, 0.05) is 16.9 Å². The van der Waals surface area contributed by atoms with Gasteiger partial charge in [-0.3, -0.25) is 9.36 Å². The Balaban J connectivity index is 2.70. The lowest BCUT2D eigenvalue weighted by atomic mass is 10.1. The summed E-state index contributed by atoms with van der Waals surface area (Å²) in [5.41, 5.74) is 1.10. The average molecular weight is 278 g/mol. The molecule has 0 aliphatic carbocycles. The summed E-state index contributed by atoms with van der Waals surface area (Å²) in [6.07, 6.45) is 1.56. The third-order valence-corrected chi connectivity index (χ3v) is 3.36. The Bertz CT molecular complexity index is 719. The maximum atomic E-state index is 12.2. The number of carbonyl (C=O) groups is 1. The maximum Gasteiger partial charge on any atom is 0.341 e. The van der Waals surface area contributed by atoms with Crippen molar-refractivity contribution in [2.24, 2.45) is 0 Å². The van der Waals surface area contributed by atoms with E-state index in [9.17, 15) is 9.59 Å². The van der Waals surface area contributed by atoms with Gasteiger partial charge in [-0.2, -0.15) is 0 Å². The number of aromatic carboxylic acids is 1. The van der Waals surface area contributed by atoms with Crippen molar-refractivity contribution in [2.75, 3.05) is 0 Å². The molecule has 0 radical (unpaired) electrons. The fourth-order valence-electron chi connectivity index (χ4n) is 1.87. The van der Waals surface area contributed by atoms with Gasteiger partial charge in [-0.25, -0.2) is 4.79 Å². The van der Waals surface area contributed by atoms with Gasteiger partial charge in [0.25, 0.3) is 5.56 Å². The van der Waals surface area contributed by atoms with Crippen LogP contribution in [-0.2, 0) is 0 Å². The minimum absolute atomic E-state index is 0.213. The van der Waals surface area contributed by atoms with Crippen LogP contribution in [0.1, 0.15) is 21.5 Å². The first-order valence-corrected chi connectivity index (χ1v) is 6.01. The lowest BCUT2D eigenvalue weighted by Crippen LogP contribution is -2.26. The zero-order valence-corrected chi connectivity index (χ0v) is 11.2. The van der Waals surface area contributed by atoms with Gasteiger partial charge < -0.3 is 5.11 Å². The molecule has 19 heavy (non-hydrogen) atoms. The van der Waals surface area contributed by atoms with E-state index in [1.54, 1.807) is 37.4 Å². The van der Waals surface area contributed by atoms with Crippen molar-refractivity contribution >= 4 is 17.6 Å². The summed E-state index contributed by atoms with van der Waals surface area (Å²) >= 11 is 5.93. The van der Waals surface area contributed by atoms with Crippen LogP contribution in [0.15, 0.2) is 35.3 Å². The van der Waals surface area contributed by atoms with Crippen LogP contribution in [0.25, 0.3) is 5.69 Å². The van der Waals surface area contributed by atoms with E-state index in [0.29, 0.717) is 16.3 Å². The van der Waals surface area contributed by atoms with Crippen molar-refractivity contribution < 1.29 is 9.90 Å². The minimum atomic E-state index is -1.22. The topological polar surface area (TPSA) is 59.3 Å². The number of carboxylic acid groups (broad SMARTS) is 1. The summed E-state index contributed by atoms with van der Waals surface area (Å²) < 4.78 is 1.31. The van der Waals surface area contributed by atoms with Crippen LogP contribution in [-0.4, -0.2) is 15.6 Å². The number of nitrogens with zero attached hydrogens (tertiary/aromatic N) is 1. The second-order valence-electron chi connectivity index (χ2n) is 4.29. The van der Waals surface area contributed by atoms with Crippen LogP contribution in [0.4, 0.5) is 0 Å². The van der Waals surface area contributed by atoms with E-state index in [0.717, 1.165) is 5.56 Å². The first-order chi connectivity index (χ1) is 8.91. The van der Waals surface area contributed by atoms with Crippen molar-refractivity contribution in [3.63, 3.8) is 0 Å². The molecule has 0 saturated heterocycles. The normalized spacial score (nSPS) is 10.5. The van der Waals surface area contributed by atoms with Crippen LogP contribution >= 0.6 is 11.6 Å². The van der Waals surface area contributed by atoms with E-state index in [-0.39, 0.29) is 5.56 Å². The van der Waals surface area contributed by atoms with Gasteiger partial charge in [-0.15, -0.1) is 0 Å². The smallest absolute Gasteiger partial charge is 0.341 e. The number of rotatable bonds is 2. The molecule has 0 spiro atoms. The number of benzene rings is 1. The molecule has 98 valence electrons. The Labute approximate surface area is 114 Å². The summed E-state index contributed by atoms with van der Waals surface area (Å²) in [6, 6.07) is 6.70. The van der Waals surface area contributed by atoms with Gasteiger partial charge in [0.05, 0.1) is 0 Å². The van der Waals surface area contributed by atoms with Crippen molar-refractivity contribution in [1.29, 1.82) is 0 Å². The molecule has 0 aliphatic rings. The monoisotopic (exact) mass is 277 g/mol. The fraction of sp³-hybridized carbons (Fsp3) is 0.143. The molecule has 0 fully saturated rings. The zero-order valence-electron chi connectivity index (χ0n) is 10.5. The van der Waals surface area contributed by atoms with E-state index >= 15 is 0 Å². The molecule has 0 amide bonds. The lowest BCUT2D eigenvalue weighted by molar-refractivity contribution is 0.0694. The van der Waals surface area contributed by atoms with Gasteiger partial charge in [-0.1, -0.05) is 11.6 Å². The molecule has 1 N–H and O–H groups in total. The Morgan fingerprint density at radius 3 is 2.47 bits per heavy atom. The Hall–Kier alpha value is -2.07. The van der Waals surface area contributed by atoms with Crippen molar-refractivity contribution in [3.05, 3.63) is 62.5 Å². The van der Waals surface area contributed by atoms with Gasteiger partial charge >= 0.3 is 5.97 Å². The molecule has 2 rings (SSSR count). The second kappa shape index (κ2) is 4.90. The average Bonchev–Trinajstić information content (AvgIpc) is 2.33. The quantitative estimate of drug-likeness (QED) is 0.918. The highest BCUT2D eigenvalue weighted by Crippen LogP contribution is 2.18. The molecular formula is C14H12ClNO3. The zero-order chi connectivity index (χ0) is 14.2. The molecule has 5 heteroatoms. The number of aryl methyl sites for hydroxylation is 2. The van der Waals surface area contributed by atoms with Crippen LogP contribution in [0.3, 0.4) is 0 Å². The van der Waals surface area contributed by atoms with Crippen molar-refractivity contribution in [3.8, 4) is 5.69 Å². The minimum Gasteiger partial charge on any atom is -0.477 e. The van der Waals surface area contributed by atoms with E-state index in [1.165, 1.54) is 4.57 Å². The highest BCUT2D eigenvalue weighted by molar-refractivity contribution is 6.31. The third kappa shape index (κ3) is 2.39. The van der Waals surface area contributed by atoms with Crippen LogP contribution in [0.5, 0.6) is 0 Å². The highest BCUT2D eigenvalue weighted by Gasteiger charge is 2.15. The molecule has 0 unspecified atom stereocenters. The molecule has 0 atom stereocenters. The summed E-state index contributed by atoms with van der Waals surface area (Å²) in [6.45, 7) is 3.42. The number of halogens is 1. The first-order valence-electron chi connectivity index (χ1n) is 5.64. The van der Waals surface area contributed by atoms with Crippen LogP contribution in [0.2, 0.25) is 5.02 Å². The molecule has 1 aromatic heterocycles. The molecule has 1 aromatic carbocycles. The number of pyridine rings is 1. The van der Waals surface area contributed by atoms with E-state index in [2.05, 4.69) is 0 Å². The molecule has 4 nitrogen and oxygen atoms in total. The van der Waals surface area contributed by atoms with Crippen LogP contribution in [0, 0.1) is 13.8 Å². The van der Waals surface area contributed by atoms with Gasteiger partial charge in [-0.05, 0) is 49.2 Å². The SMILES string of the molecule is Cc1cc(-n2ccc(C)c(C(=O)O)c2=O)ccc1Cl. The van der Waals surface area contributed by atoms with Gasteiger partial charge in [0.15, 0.2) is 0 Å². The second-order valence-corrected chi connectivity index (χ2v) is 4.69. The molecule has 0 saturated carbocycles. The predicted molar refractivity (Wildman–Crippen MR) is 73.5 cm³/mol. The van der Waals surface area contributed by atoms with E-state index < -0.39 is 11.5 Å². The van der Waals surface area contributed by atoms with Crippen molar-refractivity contribution in [2.45, 2.75) is 13.8 Å². The van der Waals surface area contributed by atoms with E-state index in [4.69, 9.17) is 16.7 Å². The van der Waals surface area contributed by atoms with Gasteiger partial charge in [0.2, 0.25) is 0 Å². The van der Waals surface area contributed by atoms with E-state index in [1.807, 2.05) is 6.92 Å². The molecule has 1 heterocycles. The molecular weight excluding hydrogens is 266 g/mol. The summed E-state index contributed by atoms with van der Waals surface area (Å²) in [5, 5.41) is 9.68. The number of hydrogen-bond acceptors (Lipinski definition) is 2. The summed E-state index contributed by atoms with van der Waals surface area (Å²) in [4.78, 5) is 23.3. The Morgan fingerprint density at radius 2 is 1.89 bits per heavy atom. The molecule has 0 aliphatic heterocycles. The predicted octanol–water partition coefficient (Wildman–Crippen LogP) is 2.81. The standard InChI is InChI=1S/C14H12ClNO3/c1-8-5-6-16(13(17)12(8)14(18)19)10-3-4-11(15)9(2)7-10/h3-7H,1-2H3,(H,18,19). The number of carboxylic acids is 1. The van der Waals surface area contributed by atoms with Crippen LogP contribution < -0.4 is 5.56 Å². The third-order valence-electron chi connectivity index (χ3n) is 2.93. The first kappa shape index (κ1) is 13.4.